The topological polar surface area (TPSA) is 92.8 Å². The van der Waals surface area contributed by atoms with E-state index in [1.165, 1.54) is 24.0 Å². The number of imidazole rings is 1. The van der Waals surface area contributed by atoms with E-state index in [-0.39, 0.29) is 0 Å². The summed E-state index contributed by atoms with van der Waals surface area (Å²) in [6.45, 7) is 4.57. The summed E-state index contributed by atoms with van der Waals surface area (Å²) < 4.78 is 7.05. The van der Waals surface area contributed by atoms with Gasteiger partial charge in [-0.15, -0.1) is 0 Å². The Labute approximate surface area is 207 Å². The highest BCUT2D eigenvalue weighted by atomic mass is 16.5. The van der Waals surface area contributed by atoms with Crippen molar-refractivity contribution in [1.82, 2.24) is 24.7 Å². The molecule has 4 heterocycles. The second-order valence-electron chi connectivity index (χ2n) is 9.90. The summed E-state index contributed by atoms with van der Waals surface area (Å²) in [5.41, 5.74) is 9.90. The number of fused-ring (bicyclic) bond motifs is 3. The first kappa shape index (κ1) is 21.1. The van der Waals surface area contributed by atoms with Gasteiger partial charge >= 0.3 is 5.76 Å². The van der Waals surface area contributed by atoms with Crippen LogP contribution in [0.1, 0.15) is 52.8 Å². The van der Waals surface area contributed by atoms with Gasteiger partial charge in [0.2, 0.25) is 0 Å². The van der Waals surface area contributed by atoms with Crippen LogP contribution in [0.4, 0.5) is 11.4 Å². The van der Waals surface area contributed by atoms with Crippen molar-refractivity contribution in [1.29, 1.82) is 0 Å². The number of pyridine rings is 1. The van der Waals surface area contributed by atoms with Gasteiger partial charge in [0.25, 0.3) is 0 Å². The SMILES string of the molecule is Cc1cc(C)c2nc(C3CC3)n(-c3ccc4c(c3)CCc3ccccc3N4Cc3noc(=O)[nH]3)c2n1. The first-order valence-electron chi connectivity index (χ1n) is 12.5. The number of rotatable bonds is 4. The van der Waals surface area contributed by atoms with Crippen LogP contribution in [-0.2, 0) is 19.4 Å². The number of nitrogens with one attached hydrogen (secondary N) is 1. The molecule has 180 valence electrons. The zero-order valence-corrected chi connectivity index (χ0v) is 20.3. The van der Waals surface area contributed by atoms with Gasteiger partial charge in [-0.05, 0) is 86.6 Å². The molecular formula is C28H26N6O2. The molecule has 0 atom stereocenters. The summed E-state index contributed by atoms with van der Waals surface area (Å²) >= 11 is 0. The quantitative estimate of drug-likeness (QED) is 0.390. The Balaban J connectivity index is 1.39. The molecule has 8 heteroatoms. The fourth-order valence-electron chi connectivity index (χ4n) is 5.46. The summed E-state index contributed by atoms with van der Waals surface area (Å²) in [6.07, 6.45) is 4.18. The molecule has 5 aromatic rings. The van der Waals surface area contributed by atoms with E-state index in [0.29, 0.717) is 18.3 Å². The summed E-state index contributed by atoms with van der Waals surface area (Å²) in [5, 5.41) is 3.93. The van der Waals surface area contributed by atoms with Crippen molar-refractivity contribution in [3.05, 3.63) is 93.1 Å². The number of H-pyrrole nitrogens is 1. The average molecular weight is 479 g/mol. The number of aromatic amines is 1. The van der Waals surface area contributed by atoms with Crippen LogP contribution in [0.5, 0.6) is 0 Å². The lowest BCUT2D eigenvalue weighted by molar-refractivity contribution is 0.381. The molecule has 0 radical (unpaired) electrons. The van der Waals surface area contributed by atoms with Crippen LogP contribution < -0.4 is 10.7 Å². The first-order valence-corrected chi connectivity index (χ1v) is 12.5. The average Bonchev–Trinajstić information content (AvgIpc) is 3.56. The molecule has 2 aliphatic rings. The number of hydrogen-bond donors (Lipinski definition) is 1. The summed E-state index contributed by atoms with van der Waals surface area (Å²) in [5.74, 6) is 1.56. The Hall–Kier alpha value is -4.20. The van der Waals surface area contributed by atoms with Gasteiger partial charge in [-0.3, -0.25) is 14.1 Å². The monoisotopic (exact) mass is 478 g/mol. The largest absolute Gasteiger partial charge is 0.438 e. The zero-order valence-electron chi connectivity index (χ0n) is 20.3. The fraction of sp³-hybridized carbons (Fsp3) is 0.286. The van der Waals surface area contributed by atoms with Crippen LogP contribution in [0.2, 0.25) is 0 Å². The zero-order chi connectivity index (χ0) is 24.4. The van der Waals surface area contributed by atoms with Gasteiger partial charge < -0.3 is 4.90 Å². The van der Waals surface area contributed by atoms with Crippen molar-refractivity contribution in [3.8, 4) is 5.69 Å². The number of anilines is 2. The van der Waals surface area contributed by atoms with E-state index in [1.807, 2.05) is 13.0 Å². The number of benzene rings is 2. The molecule has 2 aromatic carbocycles. The minimum atomic E-state index is -0.540. The Morgan fingerprint density at radius 3 is 2.61 bits per heavy atom. The van der Waals surface area contributed by atoms with E-state index in [1.54, 1.807) is 0 Å². The number of para-hydroxylation sites is 1. The predicted octanol–water partition coefficient (Wildman–Crippen LogP) is 5.03. The highest BCUT2D eigenvalue weighted by Crippen LogP contribution is 2.43. The molecule has 0 unspecified atom stereocenters. The van der Waals surface area contributed by atoms with Crippen LogP contribution >= 0.6 is 0 Å². The molecule has 1 saturated carbocycles. The van der Waals surface area contributed by atoms with Gasteiger partial charge in [0, 0.05) is 28.7 Å². The lowest BCUT2D eigenvalue weighted by atomic mass is 10.0. The highest BCUT2D eigenvalue weighted by Gasteiger charge is 2.31. The van der Waals surface area contributed by atoms with E-state index in [9.17, 15) is 4.79 Å². The van der Waals surface area contributed by atoms with Crippen LogP contribution in [0.15, 0.2) is 57.8 Å². The lowest BCUT2D eigenvalue weighted by Crippen LogP contribution is -2.19. The molecule has 1 fully saturated rings. The number of aromatic nitrogens is 5. The fourth-order valence-corrected chi connectivity index (χ4v) is 5.46. The van der Waals surface area contributed by atoms with Gasteiger partial charge in [-0.2, -0.15) is 0 Å². The van der Waals surface area contributed by atoms with Gasteiger partial charge in [-0.1, -0.05) is 23.4 Å². The Morgan fingerprint density at radius 1 is 1.00 bits per heavy atom. The molecule has 8 nitrogen and oxygen atoms in total. The minimum Gasteiger partial charge on any atom is -0.333 e. The summed E-state index contributed by atoms with van der Waals surface area (Å²) in [4.78, 5) is 26.5. The van der Waals surface area contributed by atoms with Gasteiger partial charge in [0.1, 0.15) is 11.3 Å². The molecule has 1 aliphatic carbocycles. The third-order valence-corrected chi connectivity index (χ3v) is 7.25. The molecule has 0 saturated heterocycles. The molecule has 36 heavy (non-hydrogen) atoms. The first-order chi connectivity index (χ1) is 17.5. The molecule has 1 aliphatic heterocycles. The minimum absolute atomic E-state index is 0.413. The molecule has 0 spiro atoms. The molecule has 0 amide bonds. The summed E-state index contributed by atoms with van der Waals surface area (Å²) in [6, 6.07) is 17.2. The van der Waals surface area contributed by atoms with Crippen LogP contribution in [0, 0.1) is 13.8 Å². The standard InChI is InChI=1S/C28H26N6O2/c1-16-13-17(2)29-27-25(16)31-26(19-8-9-19)34(27)21-11-12-23-20(14-21)10-7-18-5-3-4-6-22(18)33(23)15-24-30-28(35)36-32-24/h3-6,11-14,19H,7-10,15H2,1-2H3,(H,30,32,35). The van der Waals surface area contributed by atoms with E-state index < -0.39 is 5.76 Å². The van der Waals surface area contributed by atoms with Gasteiger partial charge in [0.15, 0.2) is 11.5 Å². The van der Waals surface area contributed by atoms with Crippen molar-refractivity contribution in [2.75, 3.05) is 4.90 Å². The van der Waals surface area contributed by atoms with Crippen molar-refractivity contribution >= 4 is 22.5 Å². The third kappa shape index (κ3) is 3.44. The Morgan fingerprint density at radius 2 is 1.81 bits per heavy atom. The smallest absolute Gasteiger partial charge is 0.333 e. The van der Waals surface area contributed by atoms with Crippen LogP contribution in [-0.4, -0.2) is 24.7 Å². The van der Waals surface area contributed by atoms with E-state index >= 15 is 0 Å². The molecule has 7 rings (SSSR count). The molecule has 3 aromatic heterocycles. The van der Waals surface area contributed by atoms with Crippen molar-refractivity contribution in [3.63, 3.8) is 0 Å². The van der Waals surface area contributed by atoms with Crippen molar-refractivity contribution in [2.45, 2.75) is 52.0 Å². The number of aryl methyl sites for hydroxylation is 4. The maximum atomic E-state index is 11.6. The maximum absolute atomic E-state index is 11.6. The van der Waals surface area contributed by atoms with Crippen molar-refractivity contribution < 1.29 is 4.52 Å². The van der Waals surface area contributed by atoms with Crippen LogP contribution in [0.3, 0.4) is 0 Å². The van der Waals surface area contributed by atoms with E-state index in [4.69, 9.17) is 14.5 Å². The third-order valence-electron chi connectivity index (χ3n) is 7.25. The van der Waals surface area contributed by atoms with Gasteiger partial charge in [-0.25, -0.2) is 14.8 Å². The van der Waals surface area contributed by atoms with E-state index in [2.05, 4.69) is 69.0 Å². The summed E-state index contributed by atoms with van der Waals surface area (Å²) in [7, 11) is 0. The van der Waals surface area contributed by atoms with Gasteiger partial charge in [0.05, 0.1) is 6.54 Å². The predicted molar refractivity (Wildman–Crippen MR) is 137 cm³/mol. The Bertz CT molecular complexity index is 1690. The molecule has 0 bridgehead atoms. The maximum Gasteiger partial charge on any atom is 0.438 e. The lowest BCUT2D eigenvalue weighted by Gasteiger charge is -2.26. The highest BCUT2D eigenvalue weighted by molar-refractivity contribution is 5.79. The Kier molecular flexibility index (Phi) is 4.64. The van der Waals surface area contributed by atoms with Crippen molar-refractivity contribution in [2.24, 2.45) is 0 Å². The van der Waals surface area contributed by atoms with E-state index in [0.717, 1.165) is 58.1 Å². The molecule has 1 N–H and O–H groups in total. The second kappa shape index (κ2) is 7.91. The second-order valence-corrected chi connectivity index (χ2v) is 9.90. The normalized spacial score (nSPS) is 15.1. The number of nitrogens with zero attached hydrogens (tertiary/aromatic N) is 5. The molecular weight excluding hydrogens is 452 g/mol. The number of hydrogen-bond acceptors (Lipinski definition) is 6. The van der Waals surface area contributed by atoms with Crippen LogP contribution in [0.25, 0.3) is 16.9 Å².